The molecule has 4 rings (SSSR count). The first-order valence-corrected chi connectivity index (χ1v) is 10.1. The highest BCUT2D eigenvalue weighted by Crippen LogP contribution is 2.21. The van der Waals surface area contributed by atoms with Gasteiger partial charge in [-0.2, -0.15) is 0 Å². The SMILES string of the molecule is O=C(Nc1ncn(Cc2ccccc2)n1)C1CCN(C(=O)c2cccs2)CC1. The molecular formula is C20H21N5O2S. The molecular weight excluding hydrogens is 374 g/mol. The van der Waals surface area contributed by atoms with Gasteiger partial charge in [0.15, 0.2) is 0 Å². The fourth-order valence-electron chi connectivity index (χ4n) is 3.31. The minimum absolute atomic E-state index is 0.0511. The second kappa shape index (κ2) is 8.35. The standard InChI is InChI=1S/C20H21N5O2S/c26-18(16-8-10-24(11-9-16)19(27)17-7-4-12-28-17)22-20-21-14-25(23-20)13-15-5-2-1-3-6-15/h1-7,12,14,16H,8-11,13H2,(H,22,23,26). The van der Waals surface area contributed by atoms with Gasteiger partial charge in [0.2, 0.25) is 11.9 Å². The van der Waals surface area contributed by atoms with Crippen molar-refractivity contribution in [3.63, 3.8) is 0 Å². The molecule has 3 aromatic rings. The Morgan fingerprint density at radius 1 is 1.11 bits per heavy atom. The molecule has 0 aliphatic carbocycles. The summed E-state index contributed by atoms with van der Waals surface area (Å²) in [7, 11) is 0. The van der Waals surface area contributed by atoms with E-state index in [9.17, 15) is 9.59 Å². The Bertz CT molecular complexity index is 931. The van der Waals surface area contributed by atoms with Crippen LogP contribution in [0.5, 0.6) is 0 Å². The zero-order chi connectivity index (χ0) is 19.3. The van der Waals surface area contributed by atoms with E-state index >= 15 is 0 Å². The topological polar surface area (TPSA) is 80.1 Å². The van der Waals surface area contributed by atoms with Gasteiger partial charge in [-0.15, -0.1) is 16.4 Å². The minimum Gasteiger partial charge on any atom is -0.338 e. The number of amides is 2. The van der Waals surface area contributed by atoms with E-state index < -0.39 is 0 Å². The van der Waals surface area contributed by atoms with Crippen molar-refractivity contribution in [2.45, 2.75) is 19.4 Å². The van der Waals surface area contributed by atoms with Crippen LogP contribution in [0.1, 0.15) is 28.1 Å². The first-order chi connectivity index (χ1) is 13.7. The lowest BCUT2D eigenvalue weighted by atomic mass is 9.96. The predicted octanol–water partition coefficient (Wildman–Crippen LogP) is 2.88. The van der Waals surface area contributed by atoms with Gasteiger partial charge < -0.3 is 4.90 Å². The Morgan fingerprint density at radius 3 is 2.61 bits per heavy atom. The summed E-state index contributed by atoms with van der Waals surface area (Å²) >= 11 is 1.45. The molecule has 3 heterocycles. The van der Waals surface area contributed by atoms with E-state index in [1.54, 1.807) is 11.0 Å². The van der Waals surface area contributed by atoms with Crippen LogP contribution < -0.4 is 5.32 Å². The third-order valence-electron chi connectivity index (χ3n) is 4.84. The van der Waals surface area contributed by atoms with Gasteiger partial charge in [0.05, 0.1) is 11.4 Å². The third kappa shape index (κ3) is 4.28. The van der Waals surface area contributed by atoms with Crippen molar-refractivity contribution in [3.05, 3.63) is 64.6 Å². The number of nitrogens with one attached hydrogen (secondary N) is 1. The van der Waals surface area contributed by atoms with E-state index in [-0.39, 0.29) is 17.7 Å². The zero-order valence-corrected chi connectivity index (χ0v) is 16.1. The lowest BCUT2D eigenvalue weighted by Crippen LogP contribution is -2.41. The smallest absolute Gasteiger partial charge is 0.263 e. The fraction of sp³-hybridized carbons (Fsp3) is 0.300. The highest BCUT2D eigenvalue weighted by atomic mass is 32.1. The molecule has 1 saturated heterocycles. The Morgan fingerprint density at radius 2 is 1.89 bits per heavy atom. The summed E-state index contributed by atoms with van der Waals surface area (Å²) in [5.74, 6) is 0.155. The normalized spacial score (nSPS) is 14.8. The summed E-state index contributed by atoms with van der Waals surface area (Å²) < 4.78 is 1.70. The van der Waals surface area contributed by atoms with Gasteiger partial charge in [0.1, 0.15) is 6.33 Å². The van der Waals surface area contributed by atoms with Crippen LogP contribution in [0.15, 0.2) is 54.2 Å². The number of anilines is 1. The summed E-state index contributed by atoms with van der Waals surface area (Å²) in [4.78, 5) is 31.7. The highest BCUT2D eigenvalue weighted by molar-refractivity contribution is 7.12. The molecule has 1 aliphatic rings. The molecule has 144 valence electrons. The summed E-state index contributed by atoms with van der Waals surface area (Å²) in [6, 6.07) is 13.7. The maximum Gasteiger partial charge on any atom is 0.263 e. The number of carbonyl (C=O) groups excluding carboxylic acids is 2. The number of nitrogens with zero attached hydrogens (tertiary/aromatic N) is 4. The van der Waals surface area contributed by atoms with Crippen LogP contribution in [0.4, 0.5) is 5.95 Å². The molecule has 0 unspecified atom stereocenters. The molecule has 2 amide bonds. The molecule has 28 heavy (non-hydrogen) atoms. The van der Waals surface area contributed by atoms with E-state index in [1.807, 2.05) is 52.7 Å². The third-order valence-corrected chi connectivity index (χ3v) is 5.70. The van der Waals surface area contributed by atoms with Crippen molar-refractivity contribution < 1.29 is 9.59 Å². The van der Waals surface area contributed by atoms with Crippen LogP contribution in [0, 0.1) is 5.92 Å². The molecule has 1 aromatic carbocycles. The van der Waals surface area contributed by atoms with E-state index in [2.05, 4.69) is 15.4 Å². The second-order valence-corrected chi connectivity index (χ2v) is 7.73. The molecule has 1 N–H and O–H groups in total. The average molecular weight is 395 g/mol. The molecule has 0 radical (unpaired) electrons. The number of carbonyl (C=O) groups is 2. The van der Waals surface area contributed by atoms with E-state index in [1.165, 1.54) is 11.3 Å². The minimum atomic E-state index is -0.131. The maximum absolute atomic E-state index is 12.5. The summed E-state index contributed by atoms with van der Waals surface area (Å²) in [5.41, 5.74) is 1.12. The molecule has 0 atom stereocenters. The van der Waals surface area contributed by atoms with Crippen LogP contribution in [-0.2, 0) is 11.3 Å². The molecule has 8 heteroatoms. The lowest BCUT2D eigenvalue weighted by Gasteiger charge is -2.30. The van der Waals surface area contributed by atoms with Crippen LogP contribution in [0.3, 0.4) is 0 Å². The summed E-state index contributed by atoms with van der Waals surface area (Å²) in [6.45, 7) is 1.78. The van der Waals surface area contributed by atoms with Crippen molar-refractivity contribution in [2.24, 2.45) is 5.92 Å². The molecule has 2 aromatic heterocycles. The molecule has 7 nitrogen and oxygen atoms in total. The van der Waals surface area contributed by atoms with Gasteiger partial charge in [0.25, 0.3) is 5.91 Å². The van der Waals surface area contributed by atoms with Gasteiger partial charge in [-0.3, -0.25) is 14.9 Å². The number of piperidine rings is 1. The van der Waals surface area contributed by atoms with Gasteiger partial charge in [-0.25, -0.2) is 9.67 Å². The molecule has 0 bridgehead atoms. The van der Waals surface area contributed by atoms with Gasteiger partial charge in [0, 0.05) is 19.0 Å². The lowest BCUT2D eigenvalue weighted by molar-refractivity contribution is -0.121. The van der Waals surface area contributed by atoms with Crippen molar-refractivity contribution in [2.75, 3.05) is 18.4 Å². The summed E-state index contributed by atoms with van der Waals surface area (Å²) in [5, 5.41) is 9.03. The van der Waals surface area contributed by atoms with Crippen molar-refractivity contribution >= 4 is 29.1 Å². The van der Waals surface area contributed by atoms with Gasteiger partial charge in [-0.1, -0.05) is 36.4 Å². The molecule has 1 fully saturated rings. The fourth-order valence-corrected chi connectivity index (χ4v) is 4.00. The molecule has 1 aliphatic heterocycles. The average Bonchev–Trinajstić information content (AvgIpc) is 3.41. The first kappa shape index (κ1) is 18.4. The number of thiophene rings is 1. The number of hydrogen-bond donors (Lipinski definition) is 1. The molecule has 0 saturated carbocycles. The number of likely N-dealkylation sites (tertiary alicyclic amines) is 1. The van der Waals surface area contributed by atoms with Crippen LogP contribution >= 0.6 is 11.3 Å². The largest absolute Gasteiger partial charge is 0.338 e. The maximum atomic E-state index is 12.5. The van der Waals surface area contributed by atoms with Gasteiger partial charge >= 0.3 is 0 Å². The Balaban J connectivity index is 1.28. The number of aromatic nitrogens is 3. The van der Waals surface area contributed by atoms with Crippen molar-refractivity contribution in [1.29, 1.82) is 0 Å². The number of hydrogen-bond acceptors (Lipinski definition) is 5. The zero-order valence-electron chi connectivity index (χ0n) is 15.3. The quantitative estimate of drug-likeness (QED) is 0.720. The van der Waals surface area contributed by atoms with E-state index in [4.69, 9.17) is 0 Å². The van der Waals surface area contributed by atoms with Crippen LogP contribution in [0.2, 0.25) is 0 Å². The van der Waals surface area contributed by atoms with E-state index in [0.717, 1.165) is 10.4 Å². The van der Waals surface area contributed by atoms with Gasteiger partial charge in [-0.05, 0) is 29.9 Å². The second-order valence-electron chi connectivity index (χ2n) is 6.78. The summed E-state index contributed by atoms with van der Waals surface area (Å²) in [6.07, 6.45) is 2.91. The van der Waals surface area contributed by atoms with E-state index in [0.29, 0.717) is 38.4 Å². The monoisotopic (exact) mass is 395 g/mol. The number of benzene rings is 1. The van der Waals surface area contributed by atoms with Crippen molar-refractivity contribution in [3.8, 4) is 0 Å². The highest BCUT2D eigenvalue weighted by Gasteiger charge is 2.28. The first-order valence-electron chi connectivity index (χ1n) is 9.26. The number of rotatable bonds is 5. The van der Waals surface area contributed by atoms with Crippen LogP contribution in [0.25, 0.3) is 0 Å². The predicted molar refractivity (Wildman–Crippen MR) is 107 cm³/mol. The van der Waals surface area contributed by atoms with Crippen LogP contribution in [-0.4, -0.2) is 44.6 Å². The van der Waals surface area contributed by atoms with Crippen molar-refractivity contribution in [1.82, 2.24) is 19.7 Å². The Labute approximate surface area is 167 Å². The Hall–Kier alpha value is -3.00. The Kier molecular flexibility index (Phi) is 5.48. The molecule has 0 spiro atoms.